The molecule has 0 saturated carbocycles. The Bertz CT molecular complexity index is 392. The number of benzene rings is 1. The third-order valence-electron chi connectivity index (χ3n) is 3.04. The maximum atomic E-state index is 11.1. The third-order valence-corrected chi connectivity index (χ3v) is 3.04. The summed E-state index contributed by atoms with van der Waals surface area (Å²) < 4.78 is 0. The van der Waals surface area contributed by atoms with E-state index in [9.17, 15) is 4.79 Å². The van der Waals surface area contributed by atoms with Crippen LogP contribution in [-0.2, 0) is 0 Å². The van der Waals surface area contributed by atoms with Gasteiger partial charge in [-0.3, -0.25) is 0 Å². The van der Waals surface area contributed by atoms with Crippen LogP contribution < -0.4 is 5.73 Å². The highest BCUT2D eigenvalue weighted by atomic mass is 16.4. The standard InChI is InChI=1S/C12H16N2O2/c13-10-5-3-4-9(8-10)11-6-1-2-7-14(11)12(15)16/h3-5,8,11H,1-2,6-7,13H2,(H,15,16). The van der Waals surface area contributed by atoms with Crippen molar-refractivity contribution in [3.8, 4) is 0 Å². The van der Waals surface area contributed by atoms with Gasteiger partial charge >= 0.3 is 6.09 Å². The zero-order valence-corrected chi connectivity index (χ0v) is 9.10. The highest BCUT2D eigenvalue weighted by Crippen LogP contribution is 2.31. The smallest absolute Gasteiger partial charge is 0.407 e. The Hall–Kier alpha value is -1.71. The second-order valence-corrected chi connectivity index (χ2v) is 4.16. The molecule has 1 fully saturated rings. The van der Waals surface area contributed by atoms with Crippen molar-refractivity contribution < 1.29 is 9.90 Å². The molecular formula is C12H16N2O2. The Kier molecular flexibility index (Phi) is 2.99. The van der Waals surface area contributed by atoms with Crippen molar-refractivity contribution >= 4 is 11.8 Å². The number of nitrogens with two attached hydrogens (primary N) is 1. The fourth-order valence-corrected chi connectivity index (χ4v) is 2.27. The molecule has 1 aliphatic rings. The van der Waals surface area contributed by atoms with Gasteiger partial charge in [0.1, 0.15) is 0 Å². The number of anilines is 1. The summed E-state index contributed by atoms with van der Waals surface area (Å²) in [4.78, 5) is 12.6. The van der Waals surface area contributed by atoms with Gasteiger partial charge in [-0.1, -0.05) is 12.1 Å². The van der Waals surface area contributed by atoms with E-state index in [1.54, 1.807) is 0 Å². The van der Waals surface area contributed by atoms with Crippen LogP contribution in [0.1, 0.15) is 30.9 Å². The van der Waals surface area contributed by atoms with Crippen molar-refractivity contribution in [1.29, 1.82) is 0 Å². The van der Waals surface area contributed by atoms with Gasteiger partial charge in [0.15, 0.2) is 0 Å². The van der Waals surface area contributed by atoms with E-state index < -0.39 is 6.09 Å². The molecule has 1 aliphatic heterocycles. The summed E-state index contributed by atoms with van der Waals surface area (Å²) in [5.41, 5.74) is 7.41. The number of hydrogen-bond acceptors (Lipinski definition) is 2. The van der Waals surface area contributed by atoms with Crippen molar-refractivity contribution in [3.63, 3.8) is 0 Å². The van der Waals surface area contributed by atoms with E-state index in [1.807, 2.05) is 24.3 Å². The van der Waals surface area contributed by atoms with Crippen LogP contribution in [0.2, 0.25) is 0 Å². The average Bonchev–Trinajstić information content (AvgIpc) is 2.29. The van der Waals surface area contributed by atoms with Crippen molar-refractivity contribution in [2.24, 2.45) is 0 Å². The molecule has 1 aromatic rings. The molecule has 86 valence electrons. The quantitative estimate of drug-likeness (QED) is 0.714. The predicted molar refractivity (Wildman–Crippen MR) is 62.2 cm³/mol. The van der Waals surface area contributed by atoms with E-state index in [4.69, 9.17) is 10.8 Å². The largest absolute Gasteiger partial charge is 0.465 e. The Balaban J connectivity index is 2.26. The number of likely N-dealkylation sites (tertiary alicyclic amines) is 1. The summed E-state index contributed by atoms with van der Waals surface area (Å²) in [7, 11) is 0. The topological polar surface area (TPSA) is 66.6 Å². The molecule has 1 amide bonds. The molecule has 1 saturated heterocycles. The van der Waals surface area contributed by atoms with Gasteiger partial charge in [-0.2, -0.15) is 0 Å². The predicted octanol–water partition coefficient (Wildman–Crippen LogP) is 2.47. The Morgan fingerprint density at radius 1 is 1.44 bits per heavy atom. The normalized spacial score (nSPS) is 20.8. The minimum absolute atomic E-state index is 0.0326. The van der Waals surface area contributed by atoms with Gasteiger partial charge < -0.3 is 15.7 Å². The van der Waals surface area contributed by atoms with Crippen molar-refractivity contribution in [1.82, 2.24) is 4.90 Å². The maximum absolute atomic E-state index is 11.1. The number of piperidine rings is 1. The van der Waals surface area contributed by atoms with Gasteiger partial charge in [-0.05, 0) is 37.0 Å². The first-order valence-corrected chi connectivity index (χ1v) is 5.53. The molecule has 0 bridgehead atoms. The summed E-state index contributed by atoms with van der Waals surface area (Å²) >= 11 is 0. The van der Waals surface area contributed by atoms with Crippen LogP contribution in [0.4, 0.5) is 10.5 Å². The van der Waals surface area contributed by atoms with Crippen LogP contribution in [0.5, 0.6) is 0 Å². The van der Waals surface area contributed by atoms with E-state index in [0.717, 1.165) is 24.8 Å². The van der Waals surface area contributed by atoms with Gasteiger partial charge in [0, 0.05) is 12.2 Å². The molecule has 1 atom stereocenters. The zero-order valence-electron chi connectivity index (χ0n) is 9.10. The summed E-state index contributed by atoms with van der Waals surface area (Å²) in [5.74, 6) is 0. The lowest BCUT2D eigenvalue weighted by Gasteiger charge is -2.33. The van der Waals surface area contributed by atoms with Crippen LogP contribution in [0.15, 0.2) is 24.3 Å². The first-order valence-electron chi connectivity index (χ1n) is 5.53. The minimum Gasteiger partial charge on any atom is -0.465 e. The van der Waals surface area contributed by atoms with Crippen molar-refractivity contribution in [2.45, 2.75) is 25.3 Å². The van der Waals surface area contributed by atoms with Crippen LogP contribution in [0, 0.1) is 0 Å². The van der Waals surface area contributed by atoms with Crippen molar-refractivity contribution in [2.75, 3.05) is 12.3 Å². The SMILES string of the molecule is Nc1cccc(C2CCCCN2C(=O)O)c1. The third kappa shape index (κ3) is 2.10. The molecule has 16 heavy (non-hydrogen) atoms. The van der Waals surface area contributed by atoms with E-state index in [1.165, 1.54) is 4.90 Å². The molecule has 1 heterocycles. The van der Waals surface area contributed by atoms with Crippen LogP contribution in [0.25, 0.3) is 0 Å². The summed E-state index contributed by atoms with van der Waals surface area (Å²) in [6.45, 7) is 0.620. The number of nitrogens with zero attached hydrogens (tertiary/aromatic N) is 1. The molecule has 4 heteroatoms. The van der Waals surface area contributed by atoms with E-state index >= 15 is 0 Å². The number of carbonyl (C=O) groups is 1. The highest BCUT2D eigenvalue weighted by Gasteiger charge is 2.27. The van der Waals surface area contributed by atoms with Crippen LogP contribution >= 0.6 is 0 Å². The maximum Gasteiger partial charge on any atom is 0.407 e. The van der Waals surface area contributed by atoms with E-state index in [0.29, 0.717) is 12.2 Å². The lowest BCUT2D eigenvalue weighted by atomic mass is 9.95. The van der Waals surface area contributed by atoms with Gasteiger partial charge in [0.25, 0.3) is 0 Å². The molecule has 1 unspecified atom stereocenters. The fraction of sp³-hybridized carbons (Fsp3) is 0.417. The molecule has 0 aliphatic carbocycles. The summed E-state index contributed by atoms with van der Waals surface area (Å²) in [6.07, 6.45) is 2.07. The molecule has 0 radical (unpaired) electrons. The second-order valence-electron chi connectivity index (χ2n) is 4.16. The minimum atomic E-state index is -0.841. The highest BCUT2D eigenvalue weighted by molar-refractivity contribution is 5.66. The number of amides is 1. The number of nitrogen functional groups attached to an aromatic ring is 1. The fourth-order valence-electron chi connectivity index (χ4n) is 2.27. The van der Waals surface area contributed by atoms with Crippen LogP contribution in [-0.4, -0.2) is 22.6 Å². The number of carboxylic acid groups (broad SMARTS) is 1. The molecule has 0 aromatic heterocycles. The summed E-state index contributed by atoms with van der Waals surface area (Å²) in [5, 5.41) is 9.13. The van der Waals surface area contributed by atoms with Gasteiger partial charge in [-0.15, -0.1) is 0 Å². The molecule has 3 N–H and O–H groups in total. The summed E-state index contributed by atoms with van der Waals surface area (Å²) in [6, 6.07) is 7.47. The van der Waals surface area contributed by atoms with Gasteiger partial charge in [0.05, 0.1) is 6.04 Å². The number of rotatable bonds is 1. The average molecular weight is 220 g/mol. The molecular weight excluding hydrogens is 204 g/mol. The molecule has 0 spiro atoms. The Labute approximate surface area is 94.7 Å². The second kappa shape index (κ2) is 4.43. The van der Waals surface area contributed by atoms with Gasteiger partial charge in [-0.25, -0.2) is 4.79 Å². The Morgan fingerprint density at radius 3 is 2.94 bits per heavy atom. The molecule has 1 aromatic carbocycles. The monoisotopic (exact) mass is 220 g/mol. The molecule has 4 nitrogen and oxygen atoms in total. The van der Waals surface area contributed by atoms with Gasteiger partial charge in [0.2, 0.25) is 0 Å². The molecule has 2 rings (SSSR count). The first-order chi connectivity index (χ1) is 7.68. The lowest BCUT2D eigenvalue weighted by molar-refractivity contribution is 0.107. The van der Waals surface area contributed by atoms with E-state index in [2.05, 4.69) is 0 Å². The first kappa shape index (κ1) is 10.8. The number of hydrogen-bond donors (Lipinski definition) is 2. The van der Waals surface area contributed by atoms with E-state index in [-0.39, 0.29) is 6.04 Å². The van der Waals surface area contributed by atoms with Crippen molar-refractivity contribution in [3.05, 3.63) is 29.8 Å². The Morgan fingerprint density at radius 2 is 2.25 bits per heavy atom. The van der Waals surface area contributed by atoms with Crippen LogP contribution in [0.3, 0.4) is 0 Å². The lowest BCUT2D eigenvalue weighted by Crippen LogP contribution is -2.37. The zero-order chi connectivity index (χ0) is 11.5.